The molecular weight excluding hydrogens is 254 g/mol. The third-order valence-corrected chi connectivity index (χ3v) is 4.20. The zero-order chi connectivity index (χ0) is 14.3. The fraction of sp³-hybridized carbons (Fsp3) is 0.438. The van der Waals surface area contributed by atoms with Gasteiger partial charge in [-0.05, 0) is 30.9 Å². The molecule has 2 N–H and O–H groups in total. The number of H-pyrrole nitrogens is 1. The number of carboxylic acids is 1. The SMILES string of the molecule is CCc1cccc2c3c([nH]c12)C(C)(CC(=O)O)OCC3. The number of ether oxygens (including phenoxy) is 1. The number of rotatable bonds is 3. The smallest absolute Gasteiger partial charge is 0.306 e. The van der Waals surface area contributed by atoms with Gasteiger partial charge in [-0.15, -0.1) is 0 Å². The van der Waals surface area contributed by atoms with Gasteiger partial charge in [0.1, 0.15) is 5.60 Å². The van der Waals surface area contributed by atoms with Crippen molar-refractivity contribution in [3.8, 4) is 0 Å². The predicted molar refractivity (Wildman–Crippen MR) is 76.9 cm³/mol. The summed E-state index contributed by atoms with van der Waals surface area (Å²) in [6.45, 7) is 4.56. The summed E-state index contributed by atoms with van der Waals surface area (Å²) in [5.74, 6) is -0.838. The van der Waals surface area contributed by atoms with Crippen molar-refractivity contribution in [2.45, 2.75) is 38.7 Å². The molecular formula is C16H19NO3. The van der Waals surface area contributed by atoms with Crippen molar-refractivity contribution in [3.63, 3.8) is 0 Å². The number of carboxylic acid groups (broad SMARTS) is 1. The van der Waals surface area contributed by atoms with E-state index in [1.54, 1.807) is 0 Å². The summed E-state index contributed by atoms with van der Waals surface area (Å²) >= 11 is 0. The first-order valence-corrected chi connectivity index (χ1v) is 7.04. The third kappa shape index (κ3) is 1.91. The monoisotopic (exact) mass is 273 g/mol. The number of aliphatic carboxylic acids is 1. The molecule has 1 unspecified atom stereocenters. The number of para-hydroxylation sites is 1. The zero-order valence-electron chi connectivity index (χ0n) is 11.8. The molecule has 0 saturated carbocycles. The van der Waals surface area contributed by atoms with E-state index in [-0.39, 0.29) is 6.42 Å². The van der Waals surface area contributed by atoms with Gasteiger partial charge in [-0.1, -0.05) is 25.1 Å². The van der Waals surface area contributed by atoms with Gasteiger partial charge in [-0.2, -0.15) is 0 Å². The van der Waals surface area contributed by atoms with Crippen LogP contribution in [0, 0.1) is 0 Å². The second-order valence-corrected chi connectivity index (χ2v) is 5.57. The van der Waals surface area contributed by atoms with E-state index in [1.807, 2.05) is 6.92 Å². The van der Waals surface area contributed by atoms with Crippen molar-refractivity contribution in [2.24, 2.45) is 0 Å². The average molecular weight is 273 g/mol. The van der Waals surface area contributed by atoms with Gasteiger partial charge in [0, 0.05) is 10.9 Å². The lowest BCUT2D eigenvalue weighted by molar-refractivity contribution is -0.146. The Bertz CT molecular complexity index is 674. The van der Waals surface area contributed by atoms with E-state index in [0.29, 0.717) is 6.61 Å². The van der Waals surface area contributed by atoms with Crippen LogP contribution in [0.5, 0.6) is 0 Å². The van der Waals surface area contributed by atoms with Crippen molar-refractivity contribution in [1.29, 1.82) is 0 Å². The summed E-state index contributed by atoms with van der Waals surface area (Å²) in [7, 11) is 0. The summed E-state index contributed by atoms with van der Waals surface area (Å²) in [4.78, 5) is 14.6. The maximum atomic E-state index is 11.1. The molecule has 1 aromatic carbocycles. The van der Waals surface area contributed by atoms with E-state index in [4.69, 9.17) is 9.84 Å². The van der Waals surface area contributed by atoms with Gasteiger partial charge in [-0.3, -0.25) is 4.79 Å². The standard InChI is InChI=1S/C16H19NO3/c1-3-10-5-4-6-11-12-7-8-20-16(2,9-13(18)19)15(12)17-14(10)11/h4-6,17H,3,7-9H2,1-2H3,(H,18,19). The van der Waals surface area contributed by atoms with Crippen LogP contribution in [0.4, 0.5) is 0 Å². The number of benzene rings is 1. The Hall–Kier alpha value is -1.81. The Morgan fingerprint density at radius 3 is 3.00 bits per heavy atom. The van der Waals surface area contributed by atoms with E-state index in [1.165, 1.54) is 16.5 Å². The Morgan fingerprint density at radius 1 is 1.50 bits per heavy atom. The van der Waals surface area contributed by atoms with Crippen molar-refractivity contribution < 1.29 is 14.6 Å². The molecule has 0 radical (unpaired) electrons. The number of hydrogen-bond donors (Lipinski definition) is 2. The van der Waals surface area contributed by atoms with E-state index >= 15 is 0 Å². The lowest BCUT2D eigenvalue weighted by atomic mass is 9.90. The van der Waals surface area contributed by atoms with Crippen molar-refractivity contribution in [3.05, 3.63) is 35.0 Å². The molecule has 3 rings (SSSR count). The van der Waals surface area contributed by atoms with E-state index in [9.17, 15) is 4.79 Å². The number of hydrogen-bond acceptors (Lipinski definition) is 2. The van der Waals surface area contributed by atoms with E-state index < -0.39 is 11.6 Å². The molecule has 1 aliphatic rings. The normalized spacial score (nSPS) is 21.9. The summed E-state index contributed by atoms with van der Waals surface area (Å²) in [6.07, 6.45) is 1.76. The van der Waals surface area contributed by atoms with Crippen LogP contribution in [-0.4, -0.2) is 22.7 Å². The molecule has 106 valence electrons. The quantitative estimate of drug-likeness (QED) is 0.903. The maximum Gasteiger partial charge on any atom is 0.306 e. The molecule has 1 aliphatic heterocycles. The lowest BCUT2D eigenvalue weighted by Crippen LogP contribution is -2.34. The zero-order valence-corrected chi connectivity index (χ0v) is 11.8. The summed E-state index contributed by atoms with van der Waals surface area (Å²) < 4.78 is 5.79. The average Bonchev–Trinajstić information content (AvgIpc) is 2.78. The number of nitrogens with one attached hydrogen (secondary N) is 1. The predicted octanol–water partition coefficient (Wildman–Crippen LogP) is 2.99. The van der Waals surface area contributed by atoms with E-state index in [0.717, 1.165) is 24.1 Å². The molecule has 1 atom stereocenters. The lowest BCUT2D eigenvalue weighted by Gasteiger charge is -2.32. The molecule has 2 heterocycles. The van der Waals surface area contributed by atoms with Gasteiger partial charge < -0.3 is 14.8 Å². The first-order chi connectivity index (χ1) is 9.55. The molecule has 0 fully saturated rings. The molecule has 4 nitrogen and oxygen atoms in total. The highest BCUT2D eigenvalue weighted by Gasteiger charge is 2.38. The first-order valence-electron chi connectivity index (χ1n) is 7.04. The van der Waals surface area contributed by atoms with Gasteiger partial charge in [-0.25, -0.2) is 0 Å². The molecule has 0 aliphatic carbocycles. The van der Waals surface area contributed by atoms with Crippen LogP contribution < -0.4 is 0 Å². The summed E-state index contributed by atoms with van der Waals surface area (Å²) in [6, 6.07) is 6.29. The van der Waals surface area contributed by atoms with Gasteiger partial charge in [0.25, 0.3) is 0 Å². The van der Waals surface area contributed by atoms with Crippen LogP contribution in [0.2, 0.25) is 0 Å². The van der Waals surface area contributed by atoms with Gasteiger partial charge >= 0.3 is 5.97 Å². The van der Waals surface area contributed by atoms with Gasteiger partial charge in [0.2, 0.25) is 0 Å². The summed E-state index contributed by atoms with van der Waals surface area (Å²) in [5.41, 5.74) is 3.77. The highest BCUT2D eigenvalue weighted by Crippen LogP contribution is 2.39. The molecule has 0 amide bonds. The van der Waals surface area contributed by atoms with Crippen LogP contribution >= 0.6 is 0 Å². The minimum absolute atomic E-state index is 0.0196. The van der Waals surface area contributed by atoms with Crippen molar-refractivity contribution in [1.82, 2.24) is 4.98 Å². The fourth-order valence-corrected chi connectivity index (χ4v) is 3.22. The minimum atomic E-state index is -0.838. The molecule has 0 saturated heterocycles. The topological polar surface area (TPSA) is 62.3 Å². The number of aromatic amines is 1. The fourth-order valence-electron chi connectivity index (χ4n) is 3.22. The Labute approximate surface area is 117 Å². The van der Waals surface area contributed by atoms with Crippen LogP contribution in [0.1, 0.15) is 37.1 Å². The number of carbonyl (C=O) groups is 1. The number of aryl methyl sites for hydroxylation is 1. The van der Waals surface area contributed by atoms with Crippen molar-refractivity contribution >= 4 is 16.9 Å². The second-order valence-electron chi connectivity index (χ2n) is 5.57. The van der Waals surface area contributed by atoms with Crippen LogP contribution in [-0.2, 0) is 28.0 Å². The second kappa shape index (κ2) is 4.63. The first kappa shape index (κ1) is 13.2. The highest BCUT2D eigenvalue weighted by molar-refractivity contribution is 5.88. The molecule has 0 spiro atoms. The number of fused-ring (bicyclic) bond motifs is 3. The molecule has 20 heavy (non-hydrogen) atoms. The van der Waals surface area contributed by atoms with Crippen LogP contribution in [0.15, 0.2) is 18.2 Å². The van der Waals surface area contributed by atoms with Gasteiger partial charge in [0.15, 0.2) is 0 Å². The Balaban J connectivity index is 2.22. The molecule has 2 aromatic rings. The van der Waals surface area contributed by atoms with Crippen LogP contribution in [0.25, 0.3) is 10.9 Å². The van der Waals surface area contributed by atoms with E-state index in [2.05, 4.69) is 30.1 Å². The van der Waals surface area contributed by atoms with Crippen LogP contribution in [0.3, 0.4) is 0 Å². The highest BCUT2D eigenvalue weighted by atomic mass is 16.5. The van der Waals surface area contributed by atoms with Gasteiger partial charge in [0.05, 0.1) is 18.7 Å². The Kier molecular flexibility index (Phi) is 3.05. The minimum Gasteiger partial charge on any atom is -0.481 e. The number of aromatic nitrogens is 1. The molecule has 4 heteroatoms. The maximum absolute atomic E-state index is 11.1. The largest absolute Gasteiger partial charge is 0.481 e. The third-order valence-electron chi connectivity index (χ3n) is 4.20. The molecule has 0 bridgehead atoms. The summed E-state index contributed by atoms with van der Waals surface area (Å²) in [5, 5.41) is 10.3. The van der Waals surface area contributed by atoms with Crippen molar-refractivity contribution in [2.75, 3.05) is 6.61 Å². The Morgan fingerprint density at radius 2 is 2.30 bits per heavy atom. The molecule has 1 aromatic heterocycles.